The normalized spacial score (nSPS) is 16.1. The first-order chi connectivity index (χ1) is 12.7. The van der Waals surface area contributed by atoms with Gasteiger partial charge < -0.3 is 20.1 Å². The van der Waals surface area contributed by atoms with Crippen molar-refractivity contribution in [3.63, 3.8) is 0 Å². The molecule has 1 saturated heterocycles. The average Bonchev–Trinajstić information content (AvgIpc) is 3.20. The van der Waals surface area contributed by atoms with E-state index < -0.39 is 11.9 Å². The monoisotopic (exact) mass is 356 g/mol. The van der Waals surface area contributed by atoms with Crippen LogP contribution in [0.5, 0.6) is 0 Å². The number of anilines is 2. The van der Waals surface area contributed by atoms with Gasteiger partial charge in [0.15, 0.2) is 0 Å². The first kappa shape index (κ1) is 17.8. The minimum Gasteiger partial charge on any atom is -0.465 e. The molecular formula is C18H20N4O4. The van der Waals surface area contributed by atoms with Crippen LogP contribution in [-0.2, 0) is 9.47 Å². The van der Waals surface area contributed by atoms with E-state index in [1.165, 1.54) is 19.4 Å². The molecule has 3 rings (SSSR count). The van der Waals surface area contributed by atoms with Gasteiger partial charge in [0.25, 0.3) is 5.91 Å². The summed E-state index contributed by atoms with van der Waals surface area (Å²) in [5.41, 5.74) is 1.05. The van der Waals surface area contributed by atoms with E-state index in [1.54, 1.807) is 24.3 Å². The van der Waals surface area contributed by atoms with E-state index in [2.05, 4.69) is 25.3 Å². The highest BCUT2D eigenvalue weighted by Crippen LogP contribution is 2.14. The number of carbonyl (C=O) groups is 2. The van der Waals surface area contributed by atoms with E-state index in [1.807, 2.05) is 0 Å². The SMILES string of the molecule is COC(=O)c1cccc(NC(=O)c2ccnc(NCC3CCCO3)n2)c1. The van der Waals surface area contributed by atoms with E-state index in [0.717, 1.165) is 19.4 Å². The molecule has 0 saturated carbocycles. The smallest absolute Gasteiger partial charge is 0.337 e. The van der Waals surface area contributed by atoms with Crippen molar-refractivity contribution in [2.75, 3.05) is 30.9 Å². The van der Waals surface area contributed by atoms with E-state index >= 15 is 0 Å². The fourth-order valence-electron chi connectivity index (χ4n) is 2.62. The molecule has 1 amide bonds. The lowest BCUT2D eigenvalue weighted by Crippen LogP contribution is -2.21. The number of esters is 1. The third-order valence-electron chi connectivity index (χ3n) is 3.94. The summed E-state index contributed by atoms with van der Waals surface area (Å²) in [4.78, 5) is 32.3. The number of aromatic nitrogens is 2. The molecule has 8 nitrogen and oxygen atoms in total. The molecule has 1 unspecified atom stereocenters. The Hall–Kier alpha value is -3.00. The molecule has 2 aromatic rings. The molecule has 136 valence electrons. The molecule has 2 heterocycles. The van der Waals surface area contributed by atoms with Crippen LogP contribution in [0.4, 0.5) is 11.6 Å². The highest BCUT2D eigenvalue weighted by molar-refractivity contribution is 6.03. The molecule has 0 aliphatic carbocycles. The van der Waals surface area contributed by atoms with Crippen molar-refractivity contribution in [2.24, 2.45) is 0 Å². The highest BCUT2D eigenvalue weighted by Gasteiger charge is 2.16. The molecule has 1 aliphatic rings. The van der Waals surface area contributed by atoms with Crippen LogP contribution in [0.2, 0.25) is 0 Å². The standard InChI is InChI=1S/C18H20N4O4/c1-25-17(24)12-4-2-5-13(10-12)21-16(23)15-7-8-19-18(22-15)20-11-14-6-3-9-26-14/h2,4-5,7-8,10,14H,3,6,9,11H2,1H3,(H,21,23)(H,19,20,22). The topological polar surface area (TPSA) is 102 Å². The molecule has 8 heteroatoms. The Morgan fingerprint density at radius 3 is 3.00 bits per heavy atom. The number of nitrogens with zero attached hydrogens (tertiary/aromatic N) is 2. The Morgan fingerprint density at radius 2 is 2.23 bits per heavy atom. The molecule has 1 aromatic carbocycles. The molecule has 0 radical (unpaired) electrons. The maximum atomic E-state index is 12.4. The number of amides is 1. The molecular weight excluding hydrogens is 336 g/mol. The summed E-state index contributed by atoms with van der Waals surface area (Å²) in [6.45, 7) is 1.38. The first-order valence-corrected chi connectivity index (χ1v) is 8.34. The van der Waals surface area contributed by atoms with E-state index in [4.69, 9.17) is 4.74 Å². The van der Waals surface area contributed by atoms with Gasteiger partial charge in [0.2, 0.25) is 5.95 Å². The van der Waals surface area contributed by atoms with Crippen molar-refractivity contribution in [3.8, 4) is 0 Å². The van der Waals surface area contributed by atoms with E-state index in [9.17, 15) is 9.59 Å². The van der Waals surface area contributed by atoms with Gasteiger partial charge in [0, 0.05) is 25.0 Å². The zero-order valence-corrected chi connectivity index (χ0v) is 14.4. The molecule has 1 aromatic heterocycles. The number of hydrogen-bond donors (Lipinski definition) is 2. The minimum absolute atomic E-state index is 0.150. The molecule has 1 aliphatic heterocycles. The van der Waals surface area contributed by atoms with Crippen molar-refractivity contribution in [3.05, 3.63) is 47.8 Å². The zero-order chi connectivity index (χ0) is 18.4. The van der Waals surface area contributed by atoms with Crippen molar-refractivity contribution in [1.82, 2.24) is 9.97 Å². The van der Waals surface area contributed by atoms with Gasteiger partial charge in [0.1, 0.15) is 5.69 Å². The molecule has 2 N–H and O–H groups in total. The molecule has 1 fully saturated rings. The van der Waals surface area contributed by atoms with Crippen LogP contribution in [0.3, 0.4) is 0 Å². The van der Waals surface area contributed by atoms with Crippen LogP contribution in [0.1, 0.15) is 33.7 Å². The van der Waals surface area contributed by atoms with Gasteiger partial charge in [-0.3, -0.25) is 4.79 Å². The first-order valence-electron chi connectivity index (χ1n) is 8.34. The van der Waals surface area contributed by atoms with E-state index in [0.29, 0.717) is 23.7 Å². The maximum Gasteiger partial charge on any atom is 0.337 e. The summed E-state index contributed by atoms with van der Waals surface area (Å²) in [5, 5.41) is 5.80. The number of methoxy groups -OCH3 is 1. The predicted octanol–water partition coefficient (Wildman–Crippen LogP) is 2.11. The lowest BCUT2D eigenvalue weighted by molar-refractivity contribution is 0.0600. The van der Waals surface area contributed by atoms with Crippen molar-refractivity contribution >= 4 is 23.5 Å². The van der Waals surface area contributed by atoms with Gasteiger partial charge >= 0.3 is 5.97 Å². The Labute approximate surface area is 150 Å². The second kappa shape index (κ2) is 8.39. The van der Waals surface area contributed by atoms with Crippen LogP contribution in [0, 0.1) is 0 Å². The van der Waals surface area contributed by atoms with Gasteiger partial charge in [-0.2, -0.15) is 0 Å². The number of rotatable bonds is 6. The van der Waals surface area contributed by atoms with Gasteiger partial charge in [0.05, 0.1) is 18.8 Å². The van der Waals surface area contributed by atoms with E-state index in [-0.39, 0.29) is 11.8 Å². The average molecular weight is 356 g/mol. The Bertz CT molecular complexity index is 790. The summed E-state index contributed by atoms with van der Waals surface area (Å²) in [6.07, 6.45) is 3.73. The molecule has 1 atom stereocenters. The number of ether oxygens (including phenoxy) is 2. The zero-order valence-electron chi connectivity index (χ0n) is 14.4. The summed E-state index contributed by atoms with van der Waals surface area (Å²) in [5.74, 6) is -0.491. The Balaban J connectivity index is 1.64. The minimum atomic E-state index is -0.469. The number of hydrogen-bond acceptors (Lipinski definition) is 7. The molecule has 0 bridgehead atoms. The van der Waals surface area contributed by atoms with Crippen molar-refractivity contribution in [1.29, 1.82) is 0 Å². The highest BCUT2D eigenvalue weighted by atomic mass is 16.5. The molecule has 26 heavy (non-hydrogen) atoms. The summed E-state index contributed by atoms with van der Waals surface area (Å²) in [6, 6.07) is 8.02. The van der Waals surface area contributed by atoms with Crippen LogP contribution in [0.25, 0.3) is 0 Å². The van der Waals surface area contributed by atoms with Gasteiger partial charge in [-0.15, -0.1) is 0 Å². The van der Waals surface area contributed by atoms with Crippen LogP contribution >= 0.6 is 0 Å². The second-order valence-electron chi connectivity index (χ2n) is 5.81. The third-order valence-corrected chi connectivity index (χ3v) is 3.94. The Morgan fingerprint density at radius 1 is 1.35 bits per heavy atom. The quantitative estimate of drug-likeness (QED) is 0.764. The fraction of sp³-hybridized carbons (Fsp3) is 0.333. The number of carbonyl (C=O) groups excluding carboxylic acids is 2. The second-order valence-corrected chi connectivity index (χ2v) is 5.81. The Kier molecular flexibility index (Phi) is 5.75. The number of nitrogens with one attached hydrogen (secondary N) is 2. The van der Waals surface area contributed by atoms with Crippen LogP contribution in [0.15, 0.2) is 36.5 Å². The molecule has 0 spiro atoms. The van der Waals surface area contributed by atoms with Gasteiger partial charge in [-0.1, -0.05) is 6.07 Å². The number of benzene rings is 1. The summed E-state index contributed by atoms with van der Waals surface area (Å²) >= 11 is 0. The summed E-state index contributed by atoms with van der Waals surface area (Å²) in [7, 11) is 1.31. The third kappa shape index (κ3) is 4.54. The maximum absolute atomic E-state index is 12.4. The lowest BCUT2D eigenvalue weighted by Gasteiger charge is -2.11. The largest absolute Gasteiger partial charge is 0.465 e. The fourth-order valence-corrected chi connectivity index (χ4v) is 2.62. The summed E-state index contributed by atoms with van der Waals surface area (Å²) < 4.78 is 10.2. The van der Waals surface area contributed by atoms with Crippen molar-refractivity contribution in [2.45, 2.75) is 18.9 Å². The predicted molar refractivity (Wildman–Crippen MR) is 95.2 cm³/mol. The van der Waals surface area contributed by atoms with Gasteiger partial charge in [-0.05, 0) is 37.1 Å². The van der Waals surface area contributed by atoms with Crippen LogP contribution in [-0.4, -0.2) is 48.2 Å². The van der Waals surface area contributed by atoms with Crippen LogP contribution < -0.4 is 10.6 Å². The van der Waals surface area contributed by atoms with Crippen molar-refractivity contribution < 1.29 is 19.1 Å². The lowest BCUT2D eigenvalue weighted by atomic mass is 10.2. The van der Waals surface area contributed by atoms with Gasteiger partial charge in [-0.25, -0.2) is 14.8 Å².